The van der Waals surface area contributed by atoms with E-state index in [1.807, 2.05) is 0 Å². The van der Waals surface area contributed by atoms with Gasteiger partial charge in [0.05, 0.1) is 0 Å². The van der Waals surface area contributed by atoms with Gasteiger partial charge in [-0.3, -0.25) is 0 Å². The Morgan fingerprint density at radius 3 is 1.49 bits per heavy atom. The molecule has 0 aliphatic heterocycles. The highest BCUT2D eigenvalue weighted by molar-refractivity contribution is 9.10. The van der Waals surface area contributed by atoms with Crippen LogP contribution in [0.15, 0.2) is 81.7 Å². The number of halogens is 1. The zero-order valence-electron chi connectivity index (χ0n) is 24.7. The molecule has 0 N–H and O–H groups in total. The number of furan rings is 1. The molecule has 0 atom stereocenters. The van der Waals surface area contributed by atoms with Gasteiger partial charge in [0.15, 0.2) is 0 Å². The van der Waals surface area contributed by atoms with Gasteiger partial charge in [-0.15, -0.1) is 5.46 Å². The first-order valence-corrected chi connectivity index (χ1v) is 15.1. The predicted molar refractivity (Wildman–Crippen MR) is 205 cm³/mol. The van der Waals surface area contributed by atoms with Crippen molar-refractivity contribution >= 4 is 153 Å². The third-order valence-electron chi connectivity index (χ3n) is 9.70. The zero-order valence-corrected chi connectivity index (χ0v) is 26.3. The summed E-state index contributed by atoms with van der Waals surface area (Å²) in [4.78, 5) is 0. The lowest BCUT2D eigenvalue weighted by molar-refractivity contribution is 0.675. The standard InChI is InChI=1S/C32H26B7BrO/c33-24-21(22-23-25(34)26(35)28(37)30(39)32(23)41-31(22)29(38)27(24)36)20-17-10-3-1-8-15(17)19(13-6-5-7-14(40)12-13)16-9-2-4-11-18(16)20/h1-12H,33-39H2. The maximum absolute atomic E-state index is 6.85. The fraction of sp³-hybridized carbons (Fsp3) is 0. The number of rotatable bonds is 2. The molecule has 1 heterocycles. The van der Waals surface area contributed by atoms with E-state index < -0.39 is 0 Å². The highest BCUT2D eigenvalue weighted by Gasteiger charge is 2.26. The molecule has 0 saturated heterocycles. The van der Waals surface area contributed by atoms with Gasteiger partial charge in [0.1, 0.15) is 66.1 Å². The van der Waals surface area contributed by atoms with Gasteiger partial charge in [-0.05, 0) is 55.9 Å². The average molecular weight is 582 g/mol. The second-order valence-electron chi connectivity index (χ2n) is 11.6. The van der Waals surface area contributed by atoms with Crippen molar-refractivity contribution in [3.63, 3.8) is 0 Å². The van der Waals surface area contributed by atoms with Gasteiger partial charge in [-0.25, -0.2) is 0 Å². The van der Waals surface area contributed by atoms with Crippen molar-refractivity contribution in [2.45, 2.75) is 0 Å². The summed E-state index contributed by atoms with van der Waals surface area (Å²) < 4.78 is 7.94. The molecule has 0 spiro atoms. The quantitative estimate of drug-likeness (QED) is 0.167. The van der Waals surface area contributed by atoms with Crippen molar-refractivity contribution in [1.82, 2.24) is 0 Å². The Morgan fingerprint density at radius 1 is 0.439 bits per heavy atom. The summed E-state index contributed by atoms with van der Waals surface area (Å²) in [6.45, 7) is 0. The van der Waals surface area contributed by atoms with Crippen LogP contribution in [-0.2, 0) is 0 Å². The highest BCUT2D eigenvalue weighted by Crippen LogP contribution is 2.45. The van der Waals surface area contributed by atoms with Crippen LogP contribution in [0.3, 0.4) is 0 Å². The average Bonchev–Trinajstić information content (AvgIpc) is 3.38. The van der Waals surface area contributed by atoms with E-state index in [2.05, 4.69) is 144 Å². The molecule has 7 aromatic rings. The van der Waals surface area contributed by atoms with E-state index in [0.29, 0.717) is 0 Å². The molecule has 41 heavy (non-hydrogen) atoms. The summed E-state index contributed by atoms with van der Waals surface area (Å²) >= 11 is 3.72. The predicted octanol–water partition coefficient (Wildman–Crippen LogP) is -2.20. The minimum absolute atomic E-state index is 1.01. The van der Waals surface area contributed by atoms with Crippen LogP contribution in [0, 0.1) is 0 Å². The van der Waals surface area contributed by atoms with Crippen LogP contribution < -0.4 is 38.2 Å². The first kappa shape index (κ1) is 26.5. The molecule has 9 heteroatoms. The van der Waals surface area contributed by atoms with Crippen molar-refractivity contribution in [1.29, 1.82) is 0 Å². The molecular formula is C32H26B7BrO. The molecular weight excluding hydrogens is 556 g/mol. The van der Waals surface area contributed by atoms with Gasteiger partial charge in [0.25, 0.3) is 0 Å². The molecule has 0 unspecified atom stereocenters. The van der Waals surface area contributed by atoms with Crippen LogP contribution in [0.5, 0.6) is 0 Å². The first-order chi connectivity index (χ1) is 19.7. The highest BCUT2D eigenvalue weighted by atomic mass is 79.9. The maximum atomic E-state index is 6.85. The fourth-order valence-electron chi connectivity index (χ4n) is 6.97. The summed E-state index contributed by atoms with van der Waals surface area (Å²) in [6, 6.07) is 26.5. The van der Waals surface area contributed by atoms with Gasteiger partial charge >= 0.3 is 0 Å². The van der Waals surface area contributed by atoms with Gasteiger partial charge in [-0.2, -0.15) is 0 Å². The lowest BCUT2D eigenvalue weighted by Gasteiger charge is -2.22. The Morgan fingerprint density at radius 2 is 0.927 bits per heavy atom. The van der Waals surface area contributed by atoms with Crippen molar-refractivity contribution < 1.29 is 4.42 Å². The van der Waals surface area contributed by atoms with Crippen molar-refractivity contribution in [3.05, 3.63) is 77.3 Å². The van der Waals surface area contributed by atoms with E-state index in [1.54, 1.807) is 0 Å². The van der Waals surface area contributed by atoms with E-state index in [9.17, 15) is 0 Å². The smallest absolute Gasteiger partial charge is 0.143 e. The number of hydrogen-bond acceptors (Lipinski definition) is 1. The minimum atomic E-state index is 1.01. The Kier molecular flexibility index (Phi) is 6.17. The van der Waals surface area contributed by atoms with Gasteiger partial charge in [0, 0.05) is 15.2 Å². The SMILES string of the molecule is Bc1c(B)c(B)c2c(oc3c(B)c(B)c(B)c(-c4c5ccccc5c(-c5cccc(Br)c5)c5ccccc45)c32)c1B. The minimum Gasteiger partial charge on any atom is -0.457 e. The first-order valence-electron chi connectivity index (χ1n) is 14.3. The molecule has 0 aliphatic rings. The third-order valence-corrected chi connectivity index (χ3v) is 10.2. The Balaban J connectivity index is 1.78. The summed E-state index contributed by atoms with van der Waals surface area (Å²) in [5, 5.41) is 7.55. The lowest BCUT2D eigenvalue weighted by atomic mass is 9.64. The van der Waals surface area contributed by atoms with Crippen LogP contribution in [-0.4, -0.2) is 54.9 Å². The summed E-state index contributed by atoms with van der Waals surface area (Å²) in [5.74, 6) is 0. The largest absolute Gasteiger partial charge is 0.457 e. The normalized spacial score (nSPS) is 11.7. The second-order valence-corrected chi connectivity index (χ2v) is 12.5. The van der Waals surface area contributed by atoms with Crippen LogP contribution in [0.2, 0.25) is 0 Å². The van der Waals surface area contributed by atoms with Gasteiger partial charge < -0.3 is 4.42 Å². The van der Waals surface area contributed by atoms with Crippen LogP contribution >= 0.6 is 15.9 Å². The van der Waals surface area contributed by atoms with E-state index in [4.69, 9.17) is 4.42 Å². The molecule has 0 amide bonds. The fourth-order valence-corrected chi connectivity index (χ4v) is 7.37. The monoisotopic (exact) mass is 582 g/mol. The van der Waals surface area contributed by atoms with E-state index in [-0.39, 0.29) is 0 Å². The van der Waals surface area contributed by atoms with Crippen LogP contribution in [0.4, 0.5) is 0 Å². The Labute approximate surface area is 255 Å². The summed E-state index contributed by atoms with van der Waals surface area (Å²) in [6.07, 6.45) is 0. The van der Waals surface area contributed by atoms with Gasteiger partial charge in [0.2, 0.25) is 0 Å². The van der Waals surface area contributed by atoms with Crippen molar-refractivity contribution in [2.75, 3.05) is 0 Å². The zero-order chi connectivity index (χ0) is 28.7. The molecule has 1 nitrogen and oxygen atoms in total. The number of hydrogen-bond donors (Lipinski definition) is 0. The van der Waals surface area contributed by atoms with E-state index in [0.717, 1.165) is 15.6 Å². The molecule has 0 aliphatic carbocycles. The topological polar surface area (TPSA) is 13.1 Å². The summed E-state index contributed by atoms with van der Waals surface area (Å²) in [5.41, 5.74) is 16.2. The maximum Gasteiger partial charge on any atom is 0.143 e. The Hall–Kier alpha value is -3.43. The number of benzene rings is 6. The molecule has 6 aromatic carbocycles. The van der Waals surface area contributed by atoms with Gasteiger partial charge in [-0.1, -0.05) is 109 Å². The van der Waals surface area contributed by atoms with Crippen molar-refractivity contribution in [2.24, 2.45) is 0 Å². The molecule has 0 bridgehead atoms. The van der Waals surface area contributed by atoms with E-state index in [1.165, 1.54) is 92.8 Å². The molecule has 7 rings (SSSR count). The molecule has 0 fully saturated rings. The molecule has 0 saturated carbocycles. The van der Waals surface area contributed by atoms with Crippen LogP contribution in [0.25, 0.3) is 65.7 Å². The van der Waals surface area contributed by atoms with Crippen LogP contribution in [0.1, 0.15) is 0 Å². The third kappa shape index (κ3) is 3.71. The summed E-state index contributed by atoms with van der Waals surface area (Å²) in [7, 11) is 15.7. The molecule has 188 valence electrons. The molecule has 1 aromatic heterocycles. The number of fused-ring (bicyclic) bond motifs is 5. The lowest BCUT2D eigenvalue weighted by Crippen LogP contribution is -2.47. The Bertz CT molecular complexity index is 2200. The van der Waals surface area contributed by atoms with E-state index >= 15 is 0 Å². The van der Waals surface area contributed by atoms with Crippen molar-refractivity contribution in [3.8, 4) is 22.3 Å². The molecule has 0 radical (unpaired) electrons. The second kappa shape index (κ2) is 9.56.